The van der Waals surface area contributed by atoms with E-state index in [1.807, 2.05) is 44.2 Å². The van der Waals surface area contributed by atoms with Crippen LogP contribution in [0.4, 0.5) is 5.69 Å². The molecule has 3 aromatic carbocycles. The van der Waals surface area contributed by atoms with Gasteiger partial charge in [-0.25, -0.2) is 8.42 Å². The quantitative estimate of drug-likeness (QED) is 0.336. The highest BCUT2D eigenvalue weighted by Gasteiger charge is 2.33. The molecule has 214 valence electrons. The van der Waals surface area contributed by atoms with Crippen molar-refractivity contribution in [1.82, 2.24) is 10.2 Å². The van der Waals surface area contributed by atoms with E-state index in [4.69, 9.17) is 9.47 Å². The van der Waals surface area contributed by atoms with E-state index >= 15 is 0 Å². The number of nitrogens with zero attached hydrogens (tertiary/aromatic N) is 2. The molecular weight excluding hydrogens is 530 g/mol. The Bertz CT molecular complexity index is 1380. The fourth-order valence-electron chi connectivity index (χ4n) is 4.20. The first-order chi connectivity index (χ1) is 19.1. The van der Waals surface area contributed by atoms with E-state index in [0.29, 0.717) is 12.2 Å². The van der Waals surface area contributed by atoms with Crippen molar-refractivity contribution in [2.75, 3.05) is 31.6 Å². The number of carbonyl (C=O) groups excluding carboxylic acids is 2. The van der Waals surface area contributed by atoms with E-state index in [2.05, 4.69) is 5.32 Å². The van der Waals surface area contributed by atoms with Crippen LogP contribution in [-0.4, -0.2) is 64.5 Å². The molecule has 40 heavy (non-hydrogen) atoms. The van der Waals surface area contributed by atoms with Crippen molar-refractivity contribution < 1.29 is 27.5 Å². The van der Waals surface area contributed by atoms with Gasteiger partial charge in [0, 0.05) is 12.6 Å². The second-order valence-corrected chi connectivity index (χ2v) is 11.4. The average Bonchev–Trinajstić information content (AvgIpc) is 2.96. The standard InChI is InChI=1S/C30H37N3O6S/c1-22(2)31-30(35)23(3)32(20-19-24-11-7-6-8-12-24)29(34)21-33(27-13-9-10-14-28(27)39-5)40(36,37)26-17-15-25(38-4)16-18-26/h6-18,22-23H,19-21H2,1-5H3,(H,31,35)/t23-/m0/s1. The van der Waals surface area contributed by atoms with Crippen LogP contribution in [0.3, 0.4) is 0 Å². The highest BCUT2D eigenvalue weighted by molar-refractivity contribution is 7.92. The smallest absolute Gasteiger partial charge is 0.264 e. The molecule has 0 aromatic heterocycles. The van der Waals surface area contributed by atoms with Crippen LogP contribution in [-0.2, 0) is 26.0 Å². The Morgan fingerprint density at radius 3 is 2.08 bits per heavy atom. The number of hydrogen-bond acceptors (Lipinski definition) is 6. The average molecular weight is 568 g/mol. The van der Waals surface area contributed by atoms with Crippen LogP contribution < -0.4 is 19.1 Å². The van der Waals surface area contributed by atoms with Gasteiger partial charge in [0.15, 0.2) is 0 Å². The first-order valence-corrected chi connectivity index (χ1v) is 14.5. The minimum absolute atomic E-state index is 0.0200. The number of sulfonamides is 1. The molecule has 1 atom stereocenters. The van der Waals surface area contributed by atoms with Gasteiger partial charge >= 0.3 is 0 Å². The van der Waals surface area contributed by atoms with Crippen LogP contribution in [0.5, 0.6) is 11.5 Å². The lowest BCUT2D eigenvalue weighted by atomic mass is 10.1. The van der Waals surface area contributed by atoms with Crippen LogP contribution in [0.25, 0.3) is 0 Å². The molecule has 0 aliphatic carbocycles. The SMILES string of the molecule is COc1ccc(S(=O)(=O)N(CC(=O)N(CCc2ccccc2)[C@@H](C)C(=O)NC(C)C)c2ccccc2OC)cc1. The molecule has 0 radical (unpaired) electrons. The third-order valence-electron chi connectivity index (χ3n) is 6.36. The van der Waals surface area contributed by atoms with Crippen molar-refractivity contribution in [3.8, 4) is 11.5 Å². The summed E-state index contributed by atoms with van der Waals surface area (Å²) in [6.07, 6.45) is 0.492. The number of rotatable bonds is 13. The van der Waals surface area contributed by atoms with Crippen LogP contribution >= 0.6 is 0 Å². The van der Waals surface area contributed by atoms with Crippen LogP contribution in [0.15, 0.2) is 83.8 Å². The molecule has 0 aliphatic heterocycles. The molecule has 0 saturated heterocycles. The molecule has 0 bridgehead atoms. The van der Waals surface area contributed by atoms with E-state index in [1.165, 1.54) is 31.3 Å². The number of nitrogens with one attached hydrogen (secondary N) is 1. The Balaban J connectivity index is 2.02. The van der Waals surface area contributed by atoms with Gasteiger partial charge < -0.3 is 19.7 Å². The maximum Gasteiger partial charge on any atom is 0.264 e. The molecule has 0 saturated carbocycles. The first kappa shape index (κ1) is 30.5. The van der Waals surface area contributed by atoms with E-state index in [9.17, 15) is 18.0 Å². The second-order valence-electron chi connectivity index (χ2n) is 9.52. The van der Waals surface area contributed by atoms with Crippen LogP contribution in [0.2, 0.25) is 0 Å². The van der Waals surface area contributed by atoms with Gasteiger partial charge in [0.2, 0.25) is 11.8 Å². The van der Waals surface area contributed by atoms with Gasteiger partial charge in [0.25, 0.3) is 10.0 Å². The predicted octanol–water partition coefficient (Wildman–Crippen LogP) is 3.88. The summed E-state index contributed by atoms with van der Waals surface area (Å²) in [5, 5.41) is 2.85. The summed E-state index contributed by atoms with van der Waals surface area (Å²) in [7, 11) is -1.30. The Kier molecular flexibility index (Phi) is 10.6. The molecule has 3 aromatic rings. The van der Waals surface area contributed by atoms with Crippen molar-refractivity contribution in [1.29, 1.82) is 0 Å². The Morgan fingerprint density at radius 2 is 1.48 bits per heavy atom. The number of carbonyl (C=O) groups is 2. The summed E-state index contributed by atoms with van der Waals surface area (Å²) in [6, 6.07) is 21.2. The zero-order valence-electron chi connectivity index (χ0n) is 23.5. The summed E-state index contributed by atoms with van der Waals surface area (Å²) in [5.41, 5.74) is 1.20. The molecule has 10 heteroatoms. The number of para-hydroxylation sites is 2. The maximum absolute atomic E-state index is 14.0. The van der Waals surface area contributed by atoms with Crippen molar-refractivity contribution in [2.45, 2.75) is 44.2 Å². The van der Waals surface area contributed by atoms with Crippen molar-refractivity contribution >= 4 is 27.5 Å². The van der Waals surface area contributed by atoms with E-state index in [-0.39, 0.29) is 34.8 Å². The van der Waals surface area contributed by atoms with Gasteiger partial charge in [-0.2, -0.15) is 0 Å². The van der Waals surface area contributed by atoms with Gasteiger partial charge in [0.05, 0.1) is 24.8 Å². The van der Waals surface area contributed by atoms with E-state index in [0.717, 1.165) is 9.87 Å². The van der Waals surface area contributed by atoms with Gasteiger partial charge in [-0.05, 0) is 69.2 Å². The summed E-state index contributed by atoms with van der Waals surface area (Å²) in [5.74, 6) is -0.0617. The van der Waals surface area contributed by atoms with Gasteiger partial charge in [0.1, 0.15) is 24.1 Å². The van der Waals surface area contributed by atoms with Gasteiger partial charge in [-0.1, -0.05) is 42.5 Å². The normalized spacial score (nSPS) is 11.9. The molecule has 0 unspecified atom stereocenters. The predicted molar refractivity (Wildman–Crippen MR) is 155 cm³/mol. The van der Waals surface area contributed by atoms with E-state index < -0.39 is 28.5 Å². The summed E-state index contributed by atoms with van der Waals surface area (Å²) in [4.78, 5) is 28.3. The lowest BCUT2D eigenvalue weighted by molar-refractivity contribution is -0.139. The Morgan fingerprint density at radius 1 is 0.850 bits per heavy atom. The van der Waals surface area contributed by atoms with Crippen LogP contribution in [0, 0.1) is 0 Å². The zero-order valence-corrected chi connectivity index (χ0v) is 24.4. The molecule has 0 fully saturated rings. The molecule has 9 nitrogen and oxygen atoms in total. The number of methoxy groups -OCH3 is 2. The fraction of sp³-hybridized carbons (Fsp3) is 0.333. The molecule has 0 spiro atoms. The summed E-state index contributed by atoms with van der Waals surface area (Å²) < 4.78 is 39.6. The Labute approximate surface area is 236 Å². The summed E-state index contributed by atoms with van der Waals surface area (Å²) in [6.45, 7) is 5.00. The Hall–Kier alpha value is -4.05. The second kappa shape index (κ2) is 13.8. The summed E-state index contributed by atoms with van der Waals surface area (Å²) >= 11 is 0. The number of ether oxygens (including phenoxy) is 2. The van der Waals surface area contributed by atoms with Crippen molar-refractivity contribution in [2.24, 2.45) is 0 Å². The number of hydrogen-bond donors (Lipinski definition) is 1. The molecule has 3 rings (SSSR count). The minimum Gasteiger partial charge on any atom is -0.497 e. The van der Waals surface area contributed by atoms with Crippen LogP contribution in [0.1, 0.15) is 26.3 Å². The topological polar surface area (TPSA) is 105 Å². The molecule has 2 amide bonds. The fourth-order valence-corrected chi connectivity index (χ4v) is 5.62. The number of benzene rings is 3. The lowest BCUT2D eigenvalue weighted by Crippen LogP contribution is -2.53. The molecule has 0 aliphatic rings. The molecular formula is C30H37N3O6S. The number of amides is 2. The lowest BCUT2D eigenvalue weighted by Gasteiger charge is -2.32. The van der Waals surface area contributed by atoms with Gasteiger partial charge in [-0.3, -0.25) is 13.9 Å². The maximum atomic E-state index is 14.0. The largest absolute Gasteiger partial charge is 0.497 e. The monoisotopic (exact) mass is 567 g/mol. The molecule has 1 N–H and O–H groups in total. The van der Waals surface area contributed by atoms with Crippen molar-refractivity contribution in [3.05, 3.63) is 84.4 Å². The number of anilines is 1. The van der Waals surface area contributed by atoms with E-state index in [1.54, 1.807) is 43.3 Å². The zero-order chi connectivity index (χ0) is 29.3. The minimum atomic E-state index is -4.22. The highest BCUT2D eigenvalue weighted by Crippen LogP contribution is 2.33. The third kappa shape index (κ3) is 7.53. The third-order valence-corrected chi connectivity index (χ3v) is 8.14. The molecule has 0 heterocycles. The van der Waals surface area contributed by atoms with Gasteiger partial charge in [-0.15, -0.1) is 0 Å². The first-order valence-electron chi connectivity index (χ1n) is 13.0. The van der Waals surface area contributed by atoms with Crippen molar-refractivity contribution in [3.63, 3.8) is 0 Å². The highest BCUT2D eigenvalue weighted by atomic mass is 32.2.